The van der Waals surface area contributed by atoms with Crippen LogP contribution in [0.5, 0.6) is 0 Å². The summed E-state index contributed by atoms with van der Waals surface area (Å²) in [5, 5.41) is 3.14. The molecule has 0 aliphatic heterocycles. The van der Waals surface area contributed by atoms with Gasteiger partial charge in [0.25, 0.3) is 5.91 Å². The average molecular weight is 877 g/mol. The van der Waals surface area contributed by atoms with Crippen LogP contribution in [-0.2, 0) is 9.47 Å². The summed E-state index contributed by atoms with van der Waals surface area (Å²) in [4.78, 5) is 15.3. The van der Waals surface area contributed by atoms with E-state index in [4.69, 9.17) is 9.47 Å². The van der Waals surface area contributed by atoms with E-state index in [1.807, 2.05) is 30.3 Å². The van der Waals surface area contributed by atoms with Gasteiger partial charge in [-0.15, -0.1) is 0 Å². The summed E-state index contributed by atoms with van der Waals surface area (Å²) in [5.41, 5.74) is 7.02. The van der Waals surface area contributed by atoms with E-state index in [1.54, 1.807) is 0 Å². The Balaban J connectivity index is 0.0000397. The third-order valence-corrected chi connectivity index (χ3v) is 12.9. The van der Waals surface area contributed by atoms with Gasteiger partial charge in [0.1, 0.15) is 11.5 Å². The van der Waals surface area contributed by atoms with E-state index in [9.17, 15) is 4.79 Å². The number of benzene rings is 1. The van der Waals surface area contributed by atoms with E-state index >= 15 is 0 Å². The first-order valence-electron chi connectivity index (χ1n) is 27.1. The SMILES string of the molecule is C=C=C(CCCCCCCN(CCCCCCCC(=C=C)OC(CCCCCCCC)CCCCCCCC)CCCNC(=O)c1ccccc1)OCCC(CCCC)CCCC.[HH]. The quantitative estimate of drug-likeness (QED) is 0.0403. The zero-order valence-electron chi connectivity index (χ0n) is 42.2. The van der Waals surface area contributed by atoms with Crippen molar-refractivity contribution in [2.24, 2.45) is 5.92 Å². The molecule has 1 amide bonds. The summed E-state index contributed by atoms with van der Waals surface area (Å²) in [6, 6.07) is 9.57. The molecular formula is C58H104N2O3. The molecule has 0 unspecified atom stereocenters. The van der Waals surface area contributed by atoms with Gasteiger partial charge in [0, 0.05) is 26.4 Å². The second-order valence-corrected chi connectivity index (χ2v) is 18.7. The lowest BCUT2D eigenvalue weighted by Crippen LogP contribution is -2.31. The smallest absolute Gasteiger partial charge is 0.251 e. The first kappa shape index (κ1) is 58.3. The van der Waals surface area contributed by atoms with Crippen molar-refractivity contribution in [1.82, 2.24) is 10.2 Å². The zero-order valence-corrected chi connectivity index (χ0v) is 42.2. The van der Waals surface area contributed by atoms with Crippen LogP contribution in [0, 0.1) is 5.92 Å². The summed E-state index contributed by atoms with van der Waals surface area (Å²) in [5.74, 6) is 2.77. The number of carbonyl (C=O) groups is 1. The van der Waals surface area contributed by atoms with Crippen molar-refractivity contribution < 1.29 is 15.7 Å². The van der Waals surface area contributed by atoms with Gasteiger partial charge in [0.05, 0.1) is 12.7 Å². The highest BCUT2D eigenvalue weighted by molar-refractivity contribution is 5.94. The molecule has 1 aromatic rings. The Hall–Kier alpha value is -2.71. The Labute approximate surface area is 393 Å². The van der Waals surface area contributed by atoms with Crippen molar-refractivity contribution >= 4 is 5.91 Å². The first-order valence-corrected chi connectivity index (χ1v) is 27.1. The van der Waals surface area contributed by atoms with Gasteiger partial charge in [0.2, 0.25) is 0 Å². The molecule has 0 aliphatic carbocycles. The molecule has 0 aromatic heterocycles. The topological polar surface area (TPSA) is 50.8 Å². The fraction of sp³-hybridized carbons (Fsp3) is 0.776. The minimum absolute atomic E-state index is 0. The van der Waals surface area contributed by atoms with Crippen LogP contribution in [0.15, 0.2) is 66.5 Å². The molecule has 0 fully saturated rings. The maximum Gasteiger partial charge on any atom is 0.251 e. The number of nitrogens with zero attached hydrogens (tertiary/aromatic N) is 1. The van der Waals surface area contributed by atoms with Gasteiger partial charge >= 0.3 is 0 Å². The van der Waals surface area contributed by atoms with E-state index in [0.29, 0.717) is 12.6 Å². The molecule has 0 heterocycles. The number of nitrogens with one attached hydrogen (secondary N) is 1. The molecule has 5 heteroatoms. The van der Waals surface area contributed by atoms with E-state index < -0.39 is 0 Å². The Morgan fingerprint density at radius 1 is 0.556 bits per heavy atom. The maximum absolute atomic E-state index is 12.6. The van der Waals surface area contributed by atoms with Crippen LogP contribution in [0.2, 0.25) is 0 Å². The Kier molecular flexibility index (Phi) is 41.2. The van der Waals surface area contributed by atoms with Gasteiger partial charge in [-0.2, -0.15) is 0 Å². The van der Waals surface area contributed by atoms with E-state index in [-0.39, 0.29) is 7.33 Å². The fourth-order valence-electron chi connectivity index (χ4n) is 8.77. The van der Waals surface area contributed by atoms with Gasteiger partial charge in [-0.05, 0) is 102 Å². The predicted octanol–water partition coefficient (Wildman–Crippen LogP) is 17.7. The molecule has 0 spiro atoms. The molecule has 0 bridgehead atoms. The Morgan fingerprint density at radius 2 is 1.02 bits per heavy atom. The van der Waals surface area contributed by atoms with Crippen molar-refractivity contribution in [2.75, 3.05) is 32.8 Å². The Morgan fingerprint density at radius 3 is 1.54 bits per heavy atom. The van der Waals surface area contributed by atoms with Crippen molar-refractivity contribution in [3.05, 3.63) is 72.0 Å². The molecule has 364 valence electrons. The highest BCUT2D eigenvalue weighted by Crippen LogP contribution is 2.23. The molecule has 1 N–H and O–H groups in total. The lowest BCUT2D eigenvalue weighted by molar-refractivity contribution is 0.0890. The van der Waals surface area contributed by atoms with Gasteiger partial charge < -0.3 is 19.7 Å². The molecule has 0 atom stereocenters. The number of amides is 1. The minimum atomic E-state index is 0. The highest BCUT2D eigenvalue weighted by Gasteiger charge is 2.13. The monoisotopic (exact) mass is 877 g/mol. The second-order valence-electron chi connectivity index (χ2n) is 18.7. The van der Waals surface area contributed by atoms with Gasteiger partial charge in [0.15, 0.2) is 0 Å². The summed E-state index contributed by atoms with van der Waals surface area (Å²) in [6.07, 6.45) is 42.8. The van der Waals surface area contributed by atoms with Gasteiger partial charge in [-0.3, -0.25) is 4.79 Å². The minimum Gasteiger partial charge on any atom is -0.490 e. The molecular weight excluding hydrogens is 773 g/mol. The number of rotatable bonds is 47. The second kappa shape index (κ2) is 44.5. The number of allylic oxidation sites excluding steroid dienone is 2. The van der Waals surface area contributed by atoms with Crippen LogP contribution in [0.4, 0.5) is 0 Å². The number of carbonyl (C=O) groups excluding carboxylic acids is 1. The van der Waals surface area contributed by atoms with Crippen LogP contribution in [-0.4, -0.2) is 49.7 Å². The average Bonchev–Trinajstić information content (AvgIpc) is 3.31. The van der Waals surface area contributed by atoms with Gasteiger partial charge in [-0.1, -0.05) is 212 Å². The molecule has 0 aliphatic rings. The largest absolute Gasteiger partial charge is 0.490 e. The van der Waals surface area contributed by atoms with Crippen LogP contribution < -0.4 is 5.32 Å². The summed E-state index contributed by atoms with van der Waals surface area (Å²) in [6.45, 7) is 22.0. The zero-order chi connectivity index (χ0) is 45.7. The number of hydrogen-bond acceptors (Lipinski definition) is 4. The molecule has 63 heavy (non-hydrogen) atoms. The van der Waals surface area contributed by atoms with Crippen molar-refractivity contribution in [3.63, 3.8) is 0 Å². The lowest BCUT2D eigenvalue weighted by atomic mass is 9.93. The standard InChI is InChI=1S/C58H102N2O3.H2/c1-7-13-17-19-23-34-45-57(46-35-24-20-18-14-8-2)63-56(12-6)44-33-26-22-28-37-50-60(51-38-48-59-58(61)54-41-30-29-31-42-54)49-36-27-21-25-32-43-55(11-5)62-52-47-53(39-15-9-3)40-16-10-4;/h29-31,41-42,53,57H,5-10,13-28,32-40,43-52H2,1-4H3,(H,59,61);1H. The van der Waals surface area contributed by atoms with Crippen molar-refractivity contribution in [3.8, 4) is 0 Å². The molecule has 0 radical (unpaired) electrons. The molecule has 0 saturated heterocycles. The predicted molar refractivity (Wildman–Crippen MR) is 277 cm³/mol. The van der Waals surface area contributed by atoms with Gasteiger partial charge in [-0.25, -0.2) is 0 Å². The number of hydrogen-bond donors (Lipinski definition) is 1. The first-order chi connectivity index (χ1) is 31.0. The van der Waals surface area contributed by atoms with Crippen LogP contribution >= 0.6 is 0 Å². The number of unbranched alkanes of at least 4 members (excludes halogenated alkanes) is 20. The third-order valence-electron chi connectivity index (χ3n) is 12.9. The van der Waals surface area contributed by atoms with Crippen LogP contribution in [0.25, 0.3) is 0 Å². The molecule has 0 saturated carbocycles. The summed E-state index contributed by atoms with van der Waals surface area (Å²) < 4.78 is 12.8. The molecule has 1 rings (SSSR count). The number of ether oxygens (including phenoxy) is 2. The molecule has 1 aromatic carbocycles. The summed E-state index contributed by atoms with van der Waals surface area (Å²) in [7, 11) is 0. The van der Waals surface area contributed by atoms with Crippen LogP contribution in [0.1, 0.15) is 258 Å². The third kappa shape index (κ3) is 35.3. The molecule has 5 nitrogen and oxygen atoms in total. The van der Waals surface area contributed by atoms with E-state index in [2.05, 4.69) is 62.5 Å². The summed E-state index contributed by atoms with van der Waals surface area (Å²) >= 11 is 0. The van der Waals surface area contributed by atoms with E-state index in [1.165, 1.54) is 180 Å². The van der Waals surface area contributed by atoms with E-state index in [0.717, 1.165) is 87.8 Å². The fourth-order valence-corrected chi connectivity index (χ4v) is 8.77. The van der Waals surface area contributed by atoms with Crippen LogP contribution in [0.3, 0.4) is 0 Å². The van der Waals surface area contributed by atoms with Crippen molar-refractivity contribution in [1.29, 1.82) is 0 Å². The normalized spacial score (nSPS) is 11.3. The van der Waals surface area contributed by atoms with Crippen molar-refractivity contribution in [2.45, 2.75) is 252 Å². The lowest BCUT2D eigenvalue weighted by Gasteiger charge is -2.22. The highest BCUT2D eigenvalue weighted by atomic mass is 16.5. The maximum atomic E-state index is 12.6. The Bertz CT molecular complexity index is 1250.